The average Bonchev–Trinajstić information content (AvgIpc) is 2.72. The zero-order valence-electron chi connectivity index (χ0n) is 14.8. The van der Waals surface area contributed by atoms with Gasteiger partial charge in [0, 0.05) is 17.8 Å². The molecule has 3 aromatic rings. The number of nitrogens with one attached hydrogen (secondary N) is 1. The third-order valence-corrected chi connectivity index (χ3v) is 4.12. The van der Waals surface area contributed by atoms with E-state index in [1.165, 1.54) is 0 Å². The van der Waals surface area contributed by atoms with Crippen molar-refractivity contribution in [2.24, 2.45) is 0 Å². The van der Waals surface area contributed by atoms with E-state index >= 15 is 0 Å². The van der Waals surface area contributed by atoms with Gasteiger partial charge >= 0.3 is 6.03 Å². The molecule has 0 spiro atoms. The monoisotopic (exact) mass is 346 g/mol. The number of ether oxygens (including phenoxy) is 1. The number of para-hydroxylation sites is 2. The lowest BCUT2D eigenvalue weighted by Gasteiger charge is -2.23. The van der Waals surface area contributed by atoms with Crippen LogP contribution in [0.4, 0.5) is 10.5 Å². The van der Waals surface area contributed by atoms with Crippen LogP contribution < -0.4 is 15.0 Å². The largest absolute Gasteiger partial charge is 0.496 e. The highest BCUT2D eigenvalue weighted by Crippen LogP contribution is 2.19. The van der Waals surface area contributed by atoms with Gasteiger partial charge in [0.05, 0.1) is 13.7 Å². The Balaban J connectivity index is 1.76. The number of hydrogen-bond acceptors (Lipinski definition) is 2. The first-order chi connectivity index (χ1) is 12.8. The van der Waals surface area contributed by atoms with Crippen LogP contribution in [0.25, 0.3) is 0 Å². The van der Waals surface area contributed by atoms with Gasteiger partial charge in [-0.2, -0.15) is 0 Å². The molecule has 0 bridgehead atoms. The quantitative estimate of drug-likeness (QED) is 0.708. The van der Waals surface area contributed by atoms with Crippen molar-refractivity contribution < 1.29 is 9.53 Å². The van der Waals surface area contributed by atoms with Gasteiger partial charge in [0.15, 0.2) is 0 Å². The molecule has 0 saturated carbocycles. The summed E-state index contributed by atoms with van der Waals surface area (Å²) in [5, 5.41) is 3.00. The number of hydrogen-bond donors (Lipinski definition) is 1. The summed E-state index contributed by atoms with van der Waals surface area (Å²) < 4.78 is 5.35. The van der Waals surface area contributed by atoms with E-state index in [0.29, 0.717) is 13.1 Å². The number of benzene rings is 3. The zero-order chi connectivity index (χ0) is 18.2. The second-order valence-electron chi connectivity index (χ2n) is 5.88. The van der Waals surface area contributed by atoms with E-state index in [-0.39, 0.29) is 6.03 Å². The third-order valence-electron chi connectivity index (χ3n) is 4.12. The molecule has 4 nitrogen and oxygen atoms in total. The van der Waals surface area contributed by atoms with Gasteiger partial charge < -0.3 is 10.1 Å². The van der Waals surface area contributed by atoms with Crippen LogP contribution in [0.15, 0.2) is 84.9 Å². The van der Waals surface area contributed by atoms with E-state index in [9.17, 15) is 4.79 Å². The maximum Gasteiger partial charge on any atom is 0.322 e. The van der Waals surface area contributed by atoms with Crippen LogP contribution in [0.5, 0.6) is 5.75 Å². The average molecular weight is 346 g/mol. The Morgan fingerprint density at radius 1 is 0.885 bits per heavy atom. The van der Waals surface area contributed by atoms with E-state index in [4.69, 9.17) is 4.74 Å². The molecule has 0 aliphatic carbocycles. The SMILES string of the molecule is COc1ccccc1CNC(=O)N(Cc1ccccc1)c1ccccc1. The molecule has 0 aliphatic heterocycles. The summed E-state index contributed by atoms with van der Waals surface area (Å²) in [6, 6.07) is 27.2. The molecule has 3 rings (SSSR count). The number of amides is 2. The highest BCUT2D eigenvalue weighted by Gasteiger charge is 2.16. The predicted molar refractivity (Wildman–Crippen MR) is 104 cm³/mol. The number of carbonyl (C=O) groups excluding carboxylic acids is 1. The first-order valence-electron chi connectivity index (χ1n) is 8.54. The van der Waals surface area contributed by atoms with Crippen molar-refractivity contribution in [3.8, 4) is 5.75 Å². The Kier molecular flexibility index (Phi) is 5.88. The molecule has 0 aromatic heterocycles. The van der Waals surface area contributed by atoms with Crippen LogP contribution >= 0.6 is 0 Å². The van der Waals surface area contributed by atoms with Crippen molar-refractivity contribution in [2.75, 3.05) is 12.0 Å². The molecule has 4 heteroatoms. The minimum Gasteiger partial charge on any atom is -0.496 e. The lowest BCUT2D eigenvalue weighted by molar-refractivity contribution is 0.245. The number of nitrogens with zero attached hydrogens (tertiary/aromatic N) is 1. The van der Waals surface area contributed by atoms with Crippen molar-refractivity contribution >= 4 is 11.7 Å². The topological polar surface area (TPSA) is 41.6 Å². The molecule has 132 valence electrons. The Labute approximate surface area is 154 Å². The van der Waals surface area contributed by atoms with Crippen LogP contribution in [-0.2, 0) is 13.1 Å². The smallest absolute Gasteiger partial charge is 0.322 e. The molecule has 0 heterocycles. The third kappa shape index (κ3) is 4.42. The molecule has 3 aromatic carbocycles. The molecule has 0 radical (unpaired) electrons. The Bertz CT molecular complexity index is 835. The summed E-state index contributed by atoms with van der Waals surface area (Å²) in [5.74, 6) is 0.766. The molecule has 2 amide bonds. The normalized spacial score (nSPS) is 10.2. The molecule has 0 aliphatic rings. The number of rotatable bonds is 6. The maximum atomic E-state index is 12.9. The standard InChI is InChI=1S/C22H22N2O2/c1-26-21-15-9-8-12-19(21)16-23-22(25)24(20-13-6-3-7-14-20)17-18-10-4-2-5-11-18/h2-15H,16-17H2,1H3,(H,23,25). The summed E-state index contributed by atoms with van der Waals surface area (Å²) >= 11 is 0. The van der Waals surface area contributed by atoms with Crippen LogP contribution in [-0.4, -0.2) is 13.1 Å². The van der Waals surface area contributed by atoms with Crippen molar-refractivity contribution in [1.82, 2.24) is 5.32 Å². The molecule has 0 atom stereocenters. The highest BCUT2D eigenvalue weighted by atomic mass is 16.5. The van der Waals surface area contributed by atoms with E-state index in [1.807, 2.05) is 84.9 Å². The molecule has 0 fully saturated rings. The van der Waals surface area contributed by atoms with Gasteiger partial charge in [0.25, 0.3) is 0 Å². The van der Waals surface area contributed by atoms with Crippen molar-refractivity contribution in [3.05, 3.63) is 96.1 Å². The fourth-order valence-corrected chi connectivity index (χ4v) is 2.77. The minimum atomic E-state index is -0.147. The second-order valence-corrected chi connectivity index (χ2v) is 5.88. The van der Waals surface area contributed by atoms with Gasteiger partial charge in [0.1, 0.15) is 5.75 Å². The van der Waals surface area contributed by atoms with Crippen LogP contribution in [0.1, 0.15) is 11.1 Å². The fraction of sp³-hybridized carbons (Fsp3) is 0.136. The van der Waals surface area contributed by atoms with Gasteiger partial charge in [-0.05, 0) is 23.8 Å². The van der Waals surface area contributed by atoms with E-state index in [1.54, 1.807) is 12.0 Å². The molecule has 1 N–H and O–H groups in total. The summed E-state index contributed by atoms with van der Waals surface area (Å²) in [4.78, 5) is 14.6. The molecule has 26 heavy (non-hydrogen) atoms. The number of methoxy groups -OCH3 is 1. The molecule has 0 saturated heterocycles. The minimum absolute atomic E-state index is 0.147. The van der Waals surface area contributed by atoms with Gasteiger partial charge in [-0.15, -0.1) is 0 Å². The number of anilines is 1. The first kappa shape index (κ1) is 17.5. The van der Waals surface area contributed by atoms with Crippen LogP contribution in [0.2, 0.25) is 0 Å². The van der Waals surface area contributed by atoms with Crippen LogP contribution in [0.3, 0.4) is 0 Å². The second kappa shape index (κ2) is 8.72. The summed E-state index contributed by atoms with van der Waals surface area (Å²) in [7, 11) is 1.63. The molecule has 0 unspecified atom stereocenters. The maximum absolute atomic E-state index is 12.9. The summed E-state index contributed by atoms with van der Waals surface area (Å²) in [5.41, 5.74) is 2.87. The first-order valence-corrected chi connectivity index (χ1v) is 8.54. The Morgan fingerprint density at radius 2 is 1.50 bits per heavy atom. The lowest BCUT2D eigenvalue weighted by atomic mass is 10.2. The van der Waals surface area contributed by atoms with Gasteiger partial charge in [0.2, 0.25) is 0 Å². The summed E-state index contributed by atoms with van der Waals surface area (Å²) in [6.45, 7) is 0.906. The van der Waals surface area contributed by atoms with Gasteiger partial charge in [-0.3, -0.25) is 4.90 Å². The fourth-order valence-electron chi connectivity index (χ4n) is 2.77. The lowest BCUT2D eigenvalue weighted by Crippen LogP contribution is -2.39. The van der Waals surface area contributed by atoms with E-state index < -0.39 is 0 Å². The van der Waals surface area contributed by atoms with E-state index in [2.05, 4.69) is 5.32 Å². The number of urea groups is 1. The van der Waals surface area contributed by atoms with Crippen molar-refractivity contribution in [2.45, 2.75) is 13.1 Å². The number of carbonyl (C=O) groups is 1. The molecular formula is C22H22N2O2. The van der Waals surface area contributed by atoms with E-state index in [0.717, 1.165) is 22.6 Å². The van der Waals surface area contributed by atoms with Gasteiger partial charge in [-0.1, -0.05) is 66.7 Å². The summed E-state index contributed by atoms with van der Waals surface area (Å²) in [6.07, 6.45) is 0. The Morgan fingerprint density at radius 3 is 2.19 bits per heavy atom. The Hall–Kier alpha value is -3.27. The molecular weight excluding hydrogens is 324 g/mol. The predicted octanol–water partition coefficient (Wildman–Crippen LogP) is 4.61. The van der Waals surface area contributed by atoms with Crippen LogP contribution in [0, 0.1) is 0 Å². The van der Waals surface area contributed by atoms with Gasteiger partial charge in [-0.25, -0.2) is 4.79 Å². The van der Waals surface area contributed by atoms with Crippen molar-refractivity contribution in [3.63, 3.8) is 0 Å². The zero-order valence-corrected chi connectivity index (χ0v) is 14.8. The van der Waals surface area contributed by atoms with Crippen molar-refractivity contribution in [1.29, 1.82) is 0 Å². The highest BCUT2D eigenvalue weighted by molar-refractivity contribution is 5.91.